The molecule has 0 aliphatic carbocycles. The van der Waals surface area contributed by atoms with E-state index in [1.165, 1.54) is 28.7 Å². The van der Waals surface area contributed by atoms with Gasteiger partial charge in [0.05, 0.1) is 18.6 Å². The van der Waals surface area contributed by atoms with Gasteiger partial charge >= 0.3 is 0 Å². The van der Waals surface area contributed by atoms with Crippen LogP contribution < -0.4 is 20.7 Å². The zero-order valence-corrected chi connectivity index (χ0v) is 26.2. The van der Waals surface area contributed by atoms with Gasteiger partial charge in [0.1, 0.15) is 11.4 Å². The van der Waals surface area contributed by atoms with Crippen molar-refractivity contribution < 1.29 is 19.1 Å². The summed E-state index contributed by atoms with van der Waals surface area (Å²) in [5.74, 6) is -0.171. The molecule has 45 heavy (non-hydrogen) atoms. The number of aryl methyl sites for hydroxylation is 1. The molecule has 1 aromatic heterocycles. The van der Waals surface area contributed by atoms with Gasteiger partial charge in [-0.2, -0.15) is 0 Å². The van der Waals surface area contributed by atoms with Crippen molar-refractivity contribution in [2.45, 2.75) is 11.8 Å². The molecule has 226 valence electrons. The molecule has 10 heteroatoms. The molecular formula is C35H30N4O4S2. The molecule has 0 radical (unpaired) electrons. The Morgan fingerprint density at radius 2 is 1.58 bits per heavy atom. The summed E-state index contributed by atoms with van der Waals surface area (Å²) in [6.07, 6.45) is 1.60. The molecule has 3 N–H and O–H groups in total. The molecule has 0 spiro atoms. The lowest BCUT2D eigenvalue weighted by Crippen LogP contribution is -2.30. The lowest BCUT2D eigenvalue weighted by molar-refractivity contribution is -0.114. The maximum atomic E-state index is 13.3. The number of amides is 3. The van der Waals surface area contributed by atoms with Gasteiger partial charge in [-0.1, -0.05) is 60.2 Å². The van der Waals surface area contributed by atoms with Crippen molar-refractivity contribution in [1.82, 2.24) is 10.3 Å². The van der Waals surface area contributed by atoms with E-state index in [1.807, 2.05) is 54.8 Å². The number of carbonyl (C=O) groups is 3. The molecule has 0 saturated carbocycles. The number of thioether (sulfide) groups is 1. The Balaban J connectivity index is 1.18. The van der Waals surface area contributed by atoms with Crippen molar-refractivity contribution >= 4 is 57.7 Å². The Morgan fingerprint density at radius 3 is 2.27 bits per heavy atom. The van der Waals surface area contributed by atoms with Crippen molar-refractivity contribution in [3.8, 4) is 17.0 Å². The van der Waals surface area contributed by atoms with Crippen molar-refractivity contribution in [2.24, 2.45) is 0 Å². The molecule has 8 nitrogen and oxygen atoms in total. The number of carbonyl (C=O) groups excluding carboxylic acids is 3. The molecule has 5 aromatic rings. The van der Waals surface area contributed by atoms with E-state index in [9.17, 15) is 14.4 Å². The van der Waals surface area contributed by atoms with Gasteiger partial charge in [0.15, 0.2) is 5.13 Å². The Hall–Kier alpha value is -5.19. The molecule has 3 amide bonds. The van der Waals surface area contributed by atoms with Gasteiger partial charge < -0.3 is 20.7 Å². The lowest BCUT2D eigenvalue weighted by atomic mass is 10.1. The third kappa shape index (κ3) is 8.91. The first-order valence-electron chi connectivity index (χ1n) is 13.9. The monoisotopic (exact) mass is 634 g/mol. The van der Waals surface area contributed by atoms with Crippen LogP contribution in [0.2, 0.25) is 0 Å². The van der Waals surface area contributed by atoms with Gasteiger partial charge in [-0.25, -0.2) is 4.98 Å². The second kappa shape index (κ2) is 15.0. The SMILES string of the molecule is COc1ccc(/C=C(\NC(=O)c2ccccc2)C(=O)Nc2ccc(SCC(=O)Nc3nc(-c4ccc(C)cc4)cs3)cc2)cc1. The second-order valence-electron chi connectivity index (χ2n) is 9.87. The van der Waals surface area contributed by atoms with E-state index < -0.39 is 11.8 Å². The van der Waals surface area contributed by atoms with Crippen molar-refractivity contribution in [3.05, 3.63) is 131 Å². The summed E-state index contributed by atoms with van der Waals surface area (Å²) in [4.78, 5) is 44.1. The normalized spacial score (nSPS) is 11.0. The first kappa shape index (κ1) is 31.2. The number of anilines is 2. The summed E-state index contributed by atoms with van der Waals surface area (Å²) in [7, 11) is 1.58. The summed E-state index contributed by atoms with van der Waals surface area (Å²) >= 11 is 2.75. The molecule has 0 unspecified atom stereocenters. The first-order chi connectivity index (χ1) is 21.9. The summed E-state index contributed by atoms with van der Waals surface area (Å²) in [5.41, 5.74) is 4.75. The van der Waals surface area contributed by atoms with E-state index in [-0.39, 0.29) is 17.4 Å². The Kier molecular flexibility index (Phi) is 10.4. The fourth-order valence-corrected chi connectivity index (χ4v) is 5.57. The zero-order valence-electron chi connectivity index (χ0n) is 24.6. The lowest BCUT2D eigenvalue weighted by Gasteiger charge is -2.12. The summed E-state index contributed by atoms with van der Waals surface area (Å²) < 4.78 is 5.21. The van der Waals surface area contributed by atoms with E-state index in [0.29, 0.717) is 27.7 Å². The highest BCUT2D eigenvalue weighted by atomic mass is 32.2. The molecule has 0 aliphatic rings. The molecule has 5 rings (SSSR count). The number of nitrogens with one attached hydrogen (secondary N) is 3. The number of ether oxygens (including phenoxy) is 1. The summed E-state index contributed by atoms with van der Waals surface area (Å²) in [5, 5.41) is 10.9. The molecule has 0 aliphatic heterocycles. The first-order valence-corrected chi connectivity index (χ1v) is 15.8. The molecule has 0 saturated heterocycles. The maximum Gasteiger partial charge on any atom is 0.272 e. The standard InChI is InChI=1S/C35H30N4O4S2/c1-23-8-12-25(13-9-23)31-21-45-35(38-31)39-32(40)22-44-29-18-14-27(15-19-29)36-34(42)30(20-24-10-16-28(43-2)17-11-24)37-33(41)26-6-4-3-5-7-26/h3-21H,22H2,1-2H3,(H,36,42)(H,37,41)(H,38,39,40)/b30-20-. The van der Waals surface area contributed by atoms with Crippen LogP contribution in [0.1, 0.15) is 21.5 Å². The number of hydrogen-bond acceptors (Lipinski definition) is 7. The third-order valence-corrected chi connectivity index (χ3v) is 8.31. The third-order valence-electron chi connectivity index (χ3n) is 6.54. The van der Waals surface area contributed by atoms with E-state index in [1.54, 1.807) is 73.8 Å². The van der Waals surface area contributed by atoms with E-state index >= 15 is 0 Å². The predicted octanol–water partition coefficient (Wildman–Crippen LogP) is 7.27. The number of benzene rings is 4. The quantitative estimate of drug-likeness (QED) is 0.104. The van der Waals surface area contributed by atoms with Crippen LogP contribution >= 0.6 is 23.1 Å². The number of rotatable bonds is 11. The number of nitrogens with zero attached hydrogens (tertiary/aromatic N) is 1. The van der Waals surface area contributed by atoms with Gasteiger partial charge in [-0.15, -0.1) is 23.1 Å². The van der Waals surface area contributed by atoms with Crippen LogP contribution in [0.3, 0.4) is 0 Å². The van der Waals surface area contributed by atoms with Crippen molar-refractivity contribution in [1.29, 1.82) is 0 Å². The average Bonchev–Trinajstić information content (AvgIpc) is 3.53. The molecular weight excluding hydrogens is 605 g/mol. The van der Waals surface area contributed by atoms with Gasteiger partial charge in [0.2, 0.25) is 5.91 Å². The fourth-order valence-electron chi connectivity index (χ4n) is 4.13. The van der Waals surface area contributed by atoms with Gasteiger partial charge in [-0.05, 0) is 67.1 Å². The van der Waals surface area contributed by atoms with Crippen LogP contribution in [0.15, 0.2) is 119 Å². The molecule has 4 aromatic carbocycles. The smallest absolute Gasteiger partial charge is 0.272 e. The van der Waals surface area contributed by atoms with E-state index in [2.05, 4.69) is 20.9 Å². The second-order valence-corrected chi connectivity index (χ2v) is 11.8. The number of hydrogen-bond donors (Lipinski definition) is 3. The van der Waals surface area contributed by atoms with Crippen LogP contribution in [-0.2, 0) is 9.59 Å². The van der Waals surface area contributed by atoms with Gasteiger partial charge in [0, 0.05) is 27.1 Å². The molecule has 0 atom stereocenters. The van der Waals surface area contributed by atoms with Crippen molar-refractivity contribution in [3.63, 3.8) is 0 Å². The van der Waals surface area contributed by atoms with E-state index in [0.717, 1.165) is 16.2 Å². The Morgan fingerprint density at radius 1 is 0.867 bits per heavy atom. The fraction of sp³-hybridized carbons (Fsp3) is 0.0857. The minimum absolute atomic E-state index is 0.0804. The van der Waals surface area contributed by atoms with Crippen LogP contribution in [0.4, 0.5) is 10.8 Å². The number of thiazole rings is 1. The number of aromatic nitrogens is 1. The van der Waals surface area contributed by atoms with Gasteiger partial charge in [-0.3, -0.25) is 14.4 Å². The van der Waals surface area contributed by atoms with Gasteiger partial charge in [0.25, 0.3) is 11.8 Å². The predicted molar refractivity (Wildman–Crippen MR) is 182 cm³/mol. The highest BCUT2D eigenvalue weighted by molar-refractivity contribution is 8.00. The van der Waals surface area contributed by atoms with Crippen LogP contribution in [-0.4, -0.2) is 35.6 Å². The average molecular weight is 635 g/mol. The Bertz CT molecular complexity index is 1800. The van der Waals surface area contributed by atoms with Crippen LogP contribution in [0.25, 0.3) is 17.3 Å². The number of methoxy groups -OCH3 is 1. The van der Waals surface area contributed by atoms with Crippen molar-refractivity contribution in [2.75, 3.05) is 23.5 Å². The minimum atomic E-state index is -0.483. The highest BCUT2D eigenvalue weighted by Gasteiger charge is 2.16. The van der Waals surface area contributed by atoms with Crippen LogP contribution in [0, 0.1) is 6.92 Å². The summed E-state index contributed by atoms with van der Waals surface area (Å²) in [6, 6.07) is 31.0. The molecule has 0 fully saturated rings. The highest BCUT2D eigenvalue weighted by Crippen LogP contribution is 2.26. The topological polar surface area (TPSA) is 109 Å². The largest absolute Gasteiger partial charge is 0.497 e. The summed E-state index contributed by atoms with van der Waals surface area (Å²) in [6.45, 7) is 2.03. The zero-order chi connectivity index (χ0) is 31.6. The van der Waals surface area contributed by atoms with E-state index in [4.69, 9.17) is 4.74 Å². The Labute approximate surface area is 269 Å². The molecule has 0 bridgehead atoms. The maximum absolute atomic E-state index is 13.3. The molecule has 1 heterocycles. The van der Waals surface area contributed by atoms with Crippen LogP contribution in [0.5, 0.6) is 5.75 Å². The minimum Gasteiger partial charge on any atom is -0.497 e.